The number of fused-ring (bicyclic) bond motifs is 1. The number of rotatable bonds is 8. The molecular weight excluding hydrogens is 400 g/mol. The minimum Gasteiger partial charge on any atom is -0.492 e. The molecule has 0 unspecified atom stereocenters. The molecule has 0 N–H and O–H groups in total. The van der Waals surface area contributed by atoms with Crippen LogP contribution >= 0.6 is 0 Å². The van der Waals surface area contributed by atoms with Gasteiger partial charge >= 0.3 is 0 Å². The molecule has 0 saturated carbocycles. The molecular formula is C27H30N2O3. The highest BCUT2D eigenvalue weighted by molar-refractivity contribution is 5.39. The summed E-state index contributed by atoms with van der Waals surface area (Å²) < 4.78 is 13.4. The van der Waals surface area contributed by atoms with Gasteiger partial charge in [-0.15, -0.1) is 0 Å². The summed E-state index contributed by atoms with van der Waals surface area (Å²) in [7, 11) is 0. The lowest BCUT2D eigenvalue weighted by Gasteiger charge is -2.15. The van der Waals surface area contributed by atoms with Gasteiger partial charge in [0.1, 0.15) is 24.7 Å². The highest BCUT2D eigenvalue weighted by atomic mass is 16.5. The summed E-state index contributed by atoms with van der Waals surface area (Å²) in [6.45, 7) is 4.49. The molecule has 1 aliphatic heterocycles. The van der Waals surface area contributed by atoms with Crippen molar-refractivity contribution in [1.82, 2.24) is 9.47 Å². The fraction of sp³-hybridized carbons (Fsp3) is 0.370. The molecule has 2 aromatic carbocycles. The van der Waals surface area contributed by atoms with Gasteiger partial charge in [0.25, 0.3) is 5.56 Å². The number of hydrogen-bond acceptors (Lipinski definition) is 4. The average Bonchev–Trinajstić information content (AvgIpc) is 3.50. The number of ether oxygens (including phenoxy) is 2. The normalized spacial score (nSPS) is 15.6. The van der Waals surface area contributed by atoms with Gasteiger partial charge in [0.2, 0.25) is 0 Å². The molecule has 32 heavy (non-hydrogen) atoms. The van der Waals surface area contributed by atoms with E-state index in [9.17, 15) is 4.79 Å². The minimum absolute atomic E-state index is 0.112. The van der Waals surface area contributed by atoms with Crippen molar-refractivity contribution in [3.05, 3.63) is 87.8 Å². The summed E-state index contributed by atoms with van der Waals surface area (Å²) in [6.07, 6.45) is 7.93. The van der Waals surface area contributed by atoms with Crippen LogP contribution in [0.25, 0.3) is 5.69 Å². The Hall–Kier alpha value is -3.05. The summed E-state index contributed by atoms with van der Waals surface area (Å²) in [6, 6.07) is 17.6. The summed E-state index contributed by atoms with van der Waals surface area (Å²) in [5.41, 5.74) is 4.74. The highest BCUT2D eigenvalue weighted by Crippen LogP contribution is 2.23. The Balaban J connectivity index is 1.18. The Kier molecular flexibility index (Phi) is 6.26. The Morgan fingerprint density at radius 1 is 0.781 bits per heavy atom. The summed E-state index contributed by atoms with van der Waals surface area (Å²) in [4.78, 5) is 15.1. The van der Waals surface area contributed by atoms with Crippen molar-refractivity contribution in [1.29, 1.82) is 0 Å². The van der Waals surface area contributed by atoms with E-state index >= 15 is 0 Å². The number of aromatic nitrogens is 1. The smallest absolute Gasteiger partial charge is 0.258 e. The van der Waals surface area contributed by atoms with Crippen molar-refractivity contribution in [3.63, 3.8) is 0 Å². The Labute approximate surface area is 189 Å². The maximum absolute atomic E-state index is 12.7. The minimum atomic E-state index is -0.112. The second kappa shape index (κ2) is 9.61. The van der Waals surface area contributed by atoms with Gasteiger partial charge in [-0.25, -0.2) is 0 Å². The van der Waals surface area contributed by atoms with Crippen LogP contribution < -0.4 is 15.0 Å². The topological polar surface area (TPSA) is 43.7 Å². The molecule has 2 aliphatic rings. The molecule has 166 valence electrons. The third kappa shape index (κ3) is 4.89. The molecule has 1 aliphatic carbocycles. The van der Waals surface area contributed by atoms with Gasteiger partial charge in [0.15, 0.2) is 0 Å². The van der Waals surface area contributed by atoms with E-state index in [0.29, 0.717) is 19.0 Å². The number of likely N-dealkylation sites (tertiary alicyclic amines) is 1. The maximum atomic E-state index is 12.7. The monoisotopic (exact) mass is 430 g/mol. The van der Waals surface area contributed by atoms with Gasteiger partial charge in [-0.2, -0.15) is 0 Å². The van der Waals surface area contributed by atoms with E-state index in [4.69, 9.17) is 9.47 Å². The van der Waals surface area contributed by atoms with Gasteiger partial charge in [-0.3, -0.25) is 14.3 Å². The lowest BCUT2D eigenvalue weighted by Crippen LogP contribution is -2.25. The van der Waals surface area contributed by atoms with Gasteiger partial charge in [-0.05, 0) is 92.2 Å². The molecule has 1 saturated heterocycles. The standard InChI is InChI=1S/C27H30N2O3/c30-27-19-26(32-20-21-6-7-22-4-3-5-23(22)18-21)12-15-29(27)24-8-10-25(11-9-24)31-17-16-28-13-1-2-14-28/h6-12,15,18-19H,1-5,13-14,16-17,20H2. The van der Waals surface area contributed by atoms with Crippen molar-refractivity contribution in [2.75, 3.05) is 26.2 Å². The number of benzene rings is 2. The zero-order valence-electron chi connectivity index (χ0n) is 18.5. The largest absolute Gasteiger partial charge is 0.492 e. The first-order chi connectivity index (χ1) is 15.7. The van der Waals surface area contributed by atoms with Crippen LogP contribution in [-0.2, 0) is 19.4 Å². The number of aryl methyl sites for hydroxylation is 2. The van der Waals surface area contributed by atoms with E-state index in [2.05, 4.69) is 23.1 Å². The van der Waals surface area contributed by atoms with Gasteiger partial charge in [0, 0.05) is 24.5 Å². The van der Waals surface area contributed by atoms with Crippen molar-refractivity contribution >= 4 is 0 Å². The number of pyridine rings is 1. The molecule has 3 aromatic rings. The molecule has 0 radical (unpaired) electrons. The van der Waals surface area contributed by atoms with Crippen molar-refractivity contribution in [2.45, 2.75) is 38.7 Å². The average molecular weight is 431 g/mol. The highest BCUT2D eigenvalue weighted by Gasteiger charge is 2.12. The zero-order valence-corrected chi connectivity index (χ0v) is 18.5. The first kappa shape index (κ1) is 20.8. The second-order valence-corrected chi connectivity index (χ2v) is 8.71. The van der Waals surface area contributed by atoms with E-state index in [1.807, 2.05) is 30.3 Å². The summed E-state index contributed by atoms with van der Waals surface area (Å²) in [5, 5.41) is 0. The predicted octanol–water partition coefficient (Wildman–Crippen LogP) is 4.38. The van der Waals surface area contributed by atoms with E-state index < -0.39 is 0 Å². The van der Waals surface area contributed by atoms with Crippen LogP contribution in [0.4, 0.5) is 0 Å². The van der Waals surface area contributed by atoms with E-state index in [1.165, 1.54) is 49.9 Å². The Morgan fingerprint density at radius 3 is 2.41 bits per heavy atom. The van der Waals surface area contributed by atoms with E-state index in [0.717, 1.165) is 30.0 Å². The SMILES string of the molecule is O=c1cc(OCc2ccc3c(c2)CCC3)ccn1-c1ccc(OCCN2CCCC2)cc1. The van der Waals surface area contributed by atoms with Crippen LogP contribution in [0, 0.1) is 0 Å². The Morgan fingerprint density at radius 2 is 1.59 bits per heavy atom. The van der Waals surface area contributed by atoms with Crippen LogP contribution in [0.2, 0.25) is 0 Å². The zero-order chi connectivity index (χ0) is 21.8. The summed E-state index contributed by atoms with van der Waals surface area (Å²) >= 11 is 0. The van der Waals surface area contributed by atoms with Crippen molar-refractivity contribution in [3.8, 4) is 17.2 Å². The van der Waals surface area contributed by atoms with Crippen molar-refractivity contribution in [2.24, 2.45) is 0 Å². The van der Waals surface area contributed by atoms with Crippen molar-refractivity contribution < 1.29 is 9.47 Å². The molecule has 0 bridgehead atoms. The van der Waals surface area contributed by atoms with Gasteiger partial charge in [-0.1, -0.05) is 18.2 Å². The number of nitrogens with zero attached hydrogens (tertiary/aromatic N) is 2. The molecule has 1 aromatic heterocycles. The first-order valence-electron chi connectivity index (χ1n) is 11.7. The molecule has 0 amide bonds. The fourth-order valence-corrected chi connectivity index (χ4v) is 4.65. The lowest BCUT2D eigenvalue weighted by atomic mass is 10.1. The molecule has 2 heterocycles. The van der Waals surface area contributed by atoms with Gasteiger partial charge < -0.3 is 9.47 Å². The molecule has 5 nitrogen and oxygen atoms in total. The predicted molar refractivity (Wildman–Crippen MR) is 126 cm³/mol. The van der Waals surface area contributed by atoms with Crippen LogP contribution in [0.1, 0.15) is 36.0 Å². The summed E-state index contributed by atoms with van der Waals surface area (Å²) in [5.74, 6) is 1.42. The van der Waals surface area contributed by atoms with E-state index in [1.54, 1.807) is 16.8 Å². The fourth-order valence-electron chi connectivity index (χ4n) is 4.65. The van der Waals surface area contributed by atoms with Crippen LogP contribution in [0.3, 0.4) is 0 Å². The van der Waals surface area contributed by atoms with E-state index in [-0.39, 0.29) is 5.56 Å². The quantitative estimate of drug-likeness (QED) is 0.532. The third-order valence-electron chi connectivity index (χ3n) is 6.45. The van der Waals surface area contributed by atoms with Crippen LogP contribution in [-0.4, -0.2) is 35.7 Å². The van der Waals surface area contributed by atoms with Gasteiger partial charge in [0.05, 0.1) is 0 Å². The van der Waals surface area contributed by atoms with Crippen LogP contribution in [0.5, 0.6) is 11.5 Å². The third-order valence-corrected chi connectivity index (χ3v) is 6.45. The lowest BCUT2D eigenvalue weighted by molar-refractivity contribution is 0.238. The maximum Gasteiger partial charge on any atom is 0.258 e. The van der Waals surface area contributed by atoms with Crippen LogP contribution in [0.15, 0.2) is 65.6 Å². The first-order valence-corrected chi connectivity index (χ1v) is 11.7. The molecule has 5 rings (SSSR count). The molecule has 0 atom stereocenters. The second-order valence-electron chi connectivity index (χ2n) is 8.71. The molecule has 0 spiro atoms. The molecule has 1 fully saturated rings. The number of hydrogen-bond donors (Lipinski definition) is 0. The molecule has 5 heteroatoms. The Bertz CT molecular complexity index is 1110.